The van der Waals surface area contributed by atoms with Crippen LogP contribution in [-0.4, -0.2) is 6.03 Å². The Morgan fingerprint density at radius 1 is 0.895 bits per heavy atom. The van der Waals surface area contributed by atoms with Crippen molar-refractivity contribution in [3.05, 3.63) is 67.4 Å². The first-order valence-electron chi connectivity index (χ1n) is 5.88. The second-order valence-corrected chi connectivity index (χ2v) is 3.87. The van der Waals surface area contributed by atoms with Crippen molar-refractivity contribution in [2.75, 3.05) is 10.6 Å². The van der Waals surface area contributed by atoms with Crippen molar-refractivity contribution in [1.82, 2.24) is 5.32 Å². The van der Waals surface area contributed by atoms with Crippen LogP contribution in [0, 0.1) is 0 Å². The molecule has 4 nitrogen and oxygen atoms in total. The number of amides is 2. The summed E-state index contributed by atoms with van der Waals surface area (Å²) in [5.41, 5.74) is 2.70. The Hall–Kier alpha value is -2.75. The van der Waals surface area contributed by atoms with Gasteiger partial charge in [0.25, 0.3) is 0 Å². The van der Waals surface area contributed by atoms with Gasteiger partial charge in [-0.15, -0.1) is 0 Å². The van der Waals surface area contributed by atoms with E-state index in [-0.39, 0.29) is 6.03 Å². The van der Waals surface area contributed by atoms with E-state index in [2.05, 4.69) is 22.5 Å². The third kappa shape index (κ3) is 3.89. The van der Waals surface area contributed by atoms with Crippen LogP contribution >= 0.6 is 0 Å². The number of para-hydroxylation sites is 1. The van der Waals surface area contributed by atoms with E-state index in [4.69, 9.17) is 0 Å². The van der Waals surface area contributed by atoms with Crippen LogP contribution in [0.1, 0.15) is 0 Å². The summed E-state index contributed by atoms with van der Waals surface area (Å²) in [6.45, 7) is 3.42. The van der Waals surface area contributed by atoms with Crippen LogP contribution in [0.3, 0.4) is 0 Å². The van der Waals surface area contributed by atoms with Gasteiger partial charge >= 0.3 is 6.03 Å². The quantitative estimate of drug-likeness (QED) is 0.778. The lowest BCUT2D eigenvalue weighted by molar-refractivity contribution is 0.255. The topological polar surface area (TPSA) is 53.2 Å². The molecular formula is C15H15N3O. The fourth-order valence-electron chi connectivity index (χ4n) is 1.58. The van der Waals surface area contributed by atoms with Gasteiger partial charge in [-0.2, -0.15) is 0 Å². The maximum Gasteiger partial charge on any atom is 0.323 e. The molecule has 0 aromatic heterocycles. The van der Waals surface area contributed by atoms with Crippen LogP contribution in [0.5, 0.6) is 0 Å². The molecule has 2 aromatic rings. The van der Waals surface area contributed by atoms with Crippen molar-refractivity contribution in [2.45, 2.75) is 0 Å². The molecule has 4 heteroatoms. The predicted octanol–water partition coefficient (Wildman–Crippen LogP) is 3.70. The molecule has 0 saturated heterocycles. The van der Waals surface area contributed by atoms with Crippen LogP contribution in [-0.2, 0) is 0 Å². The summed E-state index contributed by atoms with van der Waals surface area (Å²) in [6, 6.07) is 17.0. The summed E-state index contributed by atoms with van der Waals surface area (Å²) in [5, 5.41) is 8.40. The molecule has 0 spiro atoms. The van der Waals surface area contributed by atoms with E-state index in [0.717, 1.165) is 17.1 Å². The number of urea groups is 1. The van der Waals surface area contributed by atoms with Gasteiger partial charge in [0, 0.05) is 17.1 Å². The third-order valence-corrected chi connectivity index (χ3v) is 2.44. The average molecular weight is 253 g/mol. The third-order valence-electron chi connectivity index (χ3n) is 2.44. The van der Waals surface area contributed by atoms with E-state index in [9.17, 15) is 4.79 Å². The number of nitrogens with one attached hydrogen (secondary N) is 3. The van der Waals surface area contributed by atoms with Crippen molar-refractivity contribution in [2.24, 2.45) is 0 Å². The molecule has 2 aromatic carbocycles. The Bertz CT molecular complexity index is 549. The minimum atomic E-state index is -0.307. The number of carbonyl (C=O) groups excluding carboxylic acids is 1. The van der Waals surface area contributed by atoms with E-state index in [1.165, 1.54) is 6.20 Å². The van der Waals surface area contributed by atoms with Crippen LogP contribution in [0.2, 0.25) is 0 Å². The van der Waals surface area contributed by atoms with Crippen molar-refractivity contribution in [3.63, 3.8) is 0 Å². The minimum Gasteiger partial charge on any atom is -0.356 e. The first kappa shape index (κ1) is 12.7. The Kier molecular flexibility index (Phi) is 4.18. The summed E-state index contributed by atoms with van der Waals surface area (Å²) in [5.74, 6) is 0. The van der Waals surface area contributed by atoms with Gasteiger partial charge in [0.05, 0.1) is 0 Å². The van der Waals surface area contributed by atoms with Crippen molar-refractivity contribution < 1.29 is 4.79 Å². The second kappa shape index (κ2) is 6.26. The van der Waals surface area contributed by atoms with Gasteiger partial charge in [-0.3, -0.25) is 0 Å². The lowest BCUT2D eigenvalue weighted by Gasteiger charge is -2.08. The summed E-state index contributed by atoms with van der Waals surface area (Å²) in [4.78, 5) is 11.3. The SMILES string of the molecule is C=CNC(=O)Nc1ccc(Nc2ccccc2)cc1. The Balaban J connectivity index is 1.98. The molecule has 0 atom stereocenters. The van der Waals surface area contributed by atoms with E-state index in [0.29, 0.717) is 0 Å². The molecule has 0 saturated carbocycles. The molecule has 0 heterocycles. The Morgan fingerprint density at radius 2 is 1.47 bits per heavy atom. The zero-order valence-electron chi connectivity index (χ0n) is 10.4. The standard InChI is InChI=1S/C15H15N3O/c1-2-16-15(19)18-14-10-8-13(9-11-14)17-12-6-4-3-5-7-12/h2-11,17H,1H2,(H2,16,18,19). The van der Waals surface area contributed by atoms with Crippen LogP contribution in [0.25, 0.3) is 0 Å². The zero-order valence-corrected chi connectivity index (χ0v) is 10.4. The first-order chi connectivity index (χ1) is 9.28. The summed E-state index contributed by atoms with van der Waals surface area (Å²) >= 11 is 0. The highest BCUT2D eigenvalue weighted by molar-refractivity contribution is 5.90. The number of benzene rings is 2. The van der Waals surface area contributed by atoms with E-state index >= 15 is 0 Å². The molecule has 0 aliphatic carbocycles. The molecule has 0 aliphatic rings. The lowest BCUT2D eigenvalue weighted by Crippen LogP contribution is -2.23. The highest BCUT2D eigenvalue weighted by atomic mass is 16.2. The molecule has 0 fully saturated rings. The highest BCUT2D eigenvalue weighted by Gasteiger charge is 1.99. The minimum absolute atomic E-state index is 0.307. The van der Waals surface area contributed by atoms with E-state index in [1.54, 1.807) is 0 Å². The normalized spacial score (nSPS) is 9.47. The van der Waals surface area contributed by atoms with Gasteiger partial charge in [-0.05, 0) is 42.6 Å². The fraction of sp³-hybridized carbons (Fsp3) is 0. The van der Waals surface area contributed by atoms with Crippen LogP contribution in [0.15, 0.2) is 67.4 Å². The smallest absolute Gasteiger partial charge is 0.323 e. The first-order valence-corrected chi connectivity index (χ1v) is 5.88. The largest absolute Gasteiger partial charge is 0.356 e. The maximum absolute atomic E-state index is 11.3. The fourth-order valence-corrected chi connectivity index (χ4v) is 1.58. The lowest BCUT2D eigenvalue weighted by atomic mass is 10.2. The number of carbonyl (C=O) groups is 1. The van der Waals surface area contributed by atoms with Gasteiger partial charge in [-0.25, -0.2) is 4.79 Å². The molecule has 96 valence electrons. The molecule has 0 aliphatic heterocycles. The van der Waals surface area contributed by atoms with Crippen molar-refractivity contribution >= 4 is 23.1 Å². The van der Waals surface area contributed by atoms with Crippen molar-refractivity contribution in [1.29, 1.82) is 0 Å². The highest BCUT2D eigenvalue weighted by Crippen LogP contribution is 2.18. The molecule has 2 rings (SSSR count). The van der Waals surface area contributed by atoms with Gasteiger partial charge in [0.15, 0.2) is 0 Å². The van der Waals surface area contributed by atoms with Gasteiger partial charge in [-0.1, -0.05) is 24.8 Å². The Labute approximate surface area is 112 Å². The van der Waals surface area contributed by atoms with Crippen LogP contribution < -0.4 is 16.0 Å². The van der Waals surface area contributed by atoms with Gasteiger partial charge in [0.2, 0.25) is 0 Å². The van der Waals surface area contributed by atoms with E-state index in [1.807, 2.05) is 54.6 Å². The van der Waals surface area contributed by atoms with Gasteiger partial charge < -0.3 is 16.0 Å². The zero-order chi connectivity index (χ0) is 13.5. The summed E-state index contributed by atoms with van der Waals surface area (Å²) in [7, 11) is 0. The number of hydrogen-bond donors (Lipinski definition) is 3. The number of hydrogen-bond acceptors (Lipinski definition) is 2. The summed E-state index contributed by atoms with van der Waals surface area (Å²) in [6.07, 6.45) is 1.33. The molecule has 0 bridgehead atoms. The van der Waals surface area contributed by atoms with E-state index < -0.39 is 0 Å². The van der Waals surface area contributed by atoms with Crippen molar-refractivity contribution in [3.8, 4) is 0 Å². The maximum atomic E-state index is 11.3. The molecule has 2 amide bonds. The van der Waals surface area contributed by atoms with Crippen LogP contribution in [0.4, 0.5) is 21.9 Å². The molecule has 19 heavy (non-hydrogen) atoms. The number of anilines is 3. The average Bonchev–Trinajstić information content (AvgIpc) is 2.42. The monoisotopic (exact) mass is 253 g/mol. The summed E-state index contributed by atoms with van der Waals surface area (Å²) < 4.78 is 0. The molecule has 0 radical (unpaired) electrons. The molecule has 3 N–H and O–H groups in total. The number of rotatable bonds is 4. The molecular weight excluding hydrogens is 238 g/mol. The predicted molar refractivity (Wildman–Crippen MR) is 78.5 cm³/mol. The molecule has 0 unspecified atom stereocenters. The second-order valence-electron chi connectivity index (χ2n) is 3.87. The van der Waals surface area contributed by atoms with Gasteiger partial charge in [0.1, 0.15) is 0 Å². The Morgan fingerprint density at radius 3 is 2.11 bits per heavy atom.